The number of hydrogen-bond donors (Lipinski definition) is 2. The van der Waals surface area contributed by atoms with E-state index < -0.39 is 12.5 Å². The summed E-state index contributed by atoms with van der Waals surface area (Å²) in [7, 11) is 0. The van der Waals surface area contributed by atoms with E-state index in [4.69, 9.17) is 9.84 Å². The lowest BCUT2D eigenvalue weighted by Gasteiger charge is -2.20. The standard InChI is InChI=1S/C13H24N2O5.C6H6/c1-3-5-7-15(8-6-13(19)20-4-2)10-11(16)14-9-12(17)18;1-2-4-6-5-3-1/h3-10H2,1-2H3,(H,14,16)(H,17,18);1-6H. The number of ether oxygens (including phenoxy) is 1. The predicted molar refractivity (Wildman–Crippen MR) is 99.7 cm³/mol. The molecule has 0 aliphatic heterocycles. The van der Waals surface area contributed by atoms with Crippen molar-refractivity contribution in [1.82, 2.24) is 10.2 Å². The third-order valence-electron chi connectivity index (χ3n) is 3.24. The molecule has 0 unspecified atom stereocenters. The Morgan fingerprint density at radius 2 is 1.58 bits per heavy atom. The molecule has 0 fully saturated rings. The number of amides is 1. The van der Waals surface area contributed by atoms with Gasteiger partial charge in [0.2, 0.25) is 5.91 Å². The first-order chi connectivity index (χ1) is 12.5. The highest BCUT2D eigenvalue weighted by Crippen LogP contribution is 1.98. The van der Waals surface area contributed by atoms with E-state index in [1.807, 2.05) is 48.2 Å². The first kappa shape index (κ1) is 23.6. The molecule has 1 aromatic carbocycles. The van der Waals surface area contributed by atoms with Crippen LogP contribution in [0.15, 0.2) is 36.4 Å². The van der Waals surface area contributed by atoms with Gasteiger partial charge in [0.05, 0.1) is 19.6 Å². The van der Waals surface area contributed by atoms with Crippen LogP contribution in [0, 0.1) is 0 Å². The van der Waals surface area contributed by atoms with Crippen LogP contribution in [0.4, 0.5) is 0 Å². The third kappa shape index (κ3) is 15.1. The summed E-state index contributed by atoms with van der Waals surface area (Å²) in [6.07, 6.45) is 2.12. The van der Waals surface area contributed by atoms with Crippen molar-refractivity contribution in [2.75, 3.05) is 32.8 Å². The van der Waals surface area contributed by atoms with Gasteiger partial charge in [0.25, 0.3) is 0 Å². The number of unbranched alkanes of at least 4 members (excludes halogenated alkanes) is 1. The zero-order valence-electron chi connectivity index (χ0n) is 15.6. The van der Waals surface area contributed by atoms with E-state index in [1.54, 1.807) is 6.92 Å². The number of nitrogens with one attached hydrogen (secondary N) is 1. The summed E-state index contributed by atoms with van der Waals surface area (Å²) in [5, 5.41) is 10.8. The van der Waals surface area contributed by atoms with Gasteiger partial charge in [-0.15, -0.1) is 0 Å². The van der Waals surface area contributed by atoms with Gasteiger partial charge >= 0.3 is 11.9 Å². The number of aliphatic carboxylic acids is 1. The molecule has 0 heterocycles. The average Bonchev–Trinajstić information content (AvgIpc) is 2.64. The molecule has 0 aliphatic carbocycles. The zero-order valence-corrected chi connectivity index (χ0v) is 15.6. The molecule has 0 aromatic heterocycles. The molecule has 26 heavy (non-hydrogen) atoms. The molecule has 1 amide bonds. The summed E-state index contributed by atoms with van der Waals surface area (Å²) in [6.45, 7) is 4.94. The second-order valence-electron chi connectivity index (χ2n) is 5.51. The molecule has 0 saturated carbocycles. The molecule has 0 atom stereocenters. The van der Waals surface area contributed by atoms with Crippen LogP contribution >= 0.6 is 0 Å². The van der Waals surface area contributed by atoms with Gasteiger partial charge in [0.15, 0.2) is 0 Å². The molecule has 2 N–H and O–H groups in total. The van der Waals surface area contributed by atoms with Crippen molar-refractivity contribution >= 4 is 17.8 Å². The molecule has 7 nitrogen and oxygen atoms in total. The number of carbonyl (C=O) groups excluding carboxylic acids is 2. The monoisotopic (exact) mass is 366 g/mol. The number of carbonyl (C=O) groups is 3. The third-order valence-corrected chi connectivity index (χ3v) is 3.24. The maximum atomic E-state index is 11.6. The van der Waals surface area contributed by atoms with Gasteiger partial charge in [-0.3, -0.25) is 19.3 Å². The van der Waals surface area contributed by atoms with Crippen LogP contribution in [0.2, 0.25) is 0 Å². The molecule has 0 bridgehead atoms. The molecule has 7 heteroatoms. The molecule has 0 radical (unpaired) electrons. The fraction of sp³-hybridized carbons (Fsp3) is 0.526. The van der Waals surface area contributed by atoms with Gasteiger partial charge in [0.1, 0.15) is 6.54 Å². The van der Waals surface area contributed by atoms with Crippen LogP contribution in [0.5, 0.6) is 0 Å². The minimum atomic E-state index is -1.08. The van der Waals surface area contributed by atoms with Crippen molar-refractivity contribution in [3.63, 3.8) is 0 Å². The van der Waals surface area contributed by atoms with Crippen LogP contribution < -0.4 is 5.32 Å². The van der Waals surface area contributed by atoms with E-state index in [9.17, 15) is 14.4 Å². The Bertz CT molecular complexity index is 481. The predicted octanol–water partition coefficient (Wildman–Crippen LogP) is 1.93. The Balaban J connectivity index is 0.000000867. The summed E-state index contributed by atoms with van der Waals surface area (Å²) in [6, 6.07) is 12.0. The van der Waals surface area contributed by atoms with Crippen LogP contribution in [-0.2, 0) is 19.1 Å². The van der Waals surface area contributed by atoms with Gasteiger partial charge in [0, 0.05) is 6.54 Å². The van der Waals surface area contributed by atoms with E-state index in [0.717, 1.165) is 12.8 Å². The van der Waals surface area contributed by atoms with E-state index in [1.165, 1.54) is 0 Å². The van der Waals surface area contributed by atoms with Crippen LogP contribution in [0.1, 0.15) is 33.1 Å². The molecule has 146 valence electrons. The molecule has 1 rings (SSSR count). The normalized spacial score (nSPS) is 9.81. The van der Waals surface area contributed by atoms with Crippen LogP contribution in [0.3, 0.4) is 0 Å². The number of carboxylic acid groups (broad SMARTS) is 1. The minimum absolute atomic E-state index is 0.0900. The van der Waals surface area contributed by atoms with E-state index in [2.05, 4.69) is 5.32 Å². The van der Waals surface area contributed by atoms with Crippen LogP contribution in [-0.4, -0.2) is 60.6 Å². The van der Waals surface area contributed by atoms with Crippen molar-refractivity contribution < 1.29 is 24.2 Å². The SMILES string of the molecule is CCCCN(CCC(=O)OCC)CC(=O)NCC(=O)O.c1ccccc1. The number of carboxylic acids is 1. The van der Waals surface area contributed by atoms with Gasteiger partial charge in [-0.25, -0.2) is 0 Å². The Hall–Kier alpha value is -2.41. The summed E-state index contributed by atoms with van der Waals surface area (Å²) in [4.78, 5) is 35.0. The Kier molecular flexibility index (Phi) is 14.6. The van der Waals surface area contributed by atoms with Crippen molar-refractivity contribution in [1.29, 1.82) is 0 Å². The van der Waals surface area contributed by atoms with Crippen molar-refractivity contribution in [3.05, 3.63) is 36.4 Å². The lowest BCUT2D eigenvalue weighted by Crippen LogP contribution is -2.40. The number of benzene rings is 1. The lowest BCUT2D eigenvalue weighted by molar-refractivity contribution is -0.143. The summed E-state index contributed by atoms with van der Waals surface area (Å²) in [5.41, 5.74) is 0. The van der Waals surface area contributed by atoms with E-state index in [0.29, 0.717) is 19.7 Å². The first-order valence-corrected chi connectivity index (χ1v) is 8.86. The highest BCUT2D eigenvalue weighted by atomic mass is 16.5. The fourth-order valence-electron chi connectivity index (χ4n) is 1.95. The van der Waals surface area contributed by atoms with E-state index >= 15 is 0 Å². The quantitative estimate of drug-likeness (QED) is 0.581. The summed E-state index contributed by atoms with van der Waals surface area (Å²) < 4.78 is 4.84. The molecule has 0 aliphatic rings. The van der Waals surface area contributed by atoms with Crippen molar-refractivity contribution in [2.24, 2.45) is 0 Å². The molecular weight excluding hydrogens is 336 g/mol. The largest absolute Gasteiger partial charge is 0.480 e. The number of rotatable bonds is 11. The number of hydrogen-bond acceptors (Lipinski definition) is 5. The summed E-state index contributed by atoms with van der Waals surface area (Å²) >= 11 is 0. The Morgan fingerprint density at radius 3 is 2.04 bits per heavy atom. The highest BCUT2D eigenvalue weighted by molar-refractivity contribution is 5.82. The lowest BCUT2D eigenvalue weighted by atomic mass is 10.3. The molecule has 0 spiro atoms. The summed E-state index contributed by atoms with van der Waals surface area (Å²) in [5.74, 6) is -1.72. The topological polar surface area (TPSA) is 95.9 Å². The van der Waals surface area contributed by atoms with Crippen molar-refractivity contribution in [3.8, 4) is 0 Å². The highest BCUT2D eigenvalue weighted by Gasteiger charge is 2.13. The van der Waals surface area contributed by atoms with Crippen LogP contribution in [0.25, 0.3) is 0 Å². The molecule has 0 saturated heterocycles. The van der Waals surface area contributed by atoms with Gasteiger partial charge < -0.3 is 15.2 Å². The maximum absolute atomic E-state index is 11.6. The zero-order chi connectivity index (χ0) is 19.6. The van der Waals surface area contributed by atoms with Gasteiger partial charge in [-0.2, -0.15) is 0 Å². The molecule has 1 aromatic rings. The van der Waals surface area contributed by atoms with E-state index in [-0.39, 0.29) is 24.8 Å². The van der Waals surface area contributed by atoms with Crippen molar-refractivity contribution in [2.45, 2.75) is 33.1 Å². The average molecular weight is 366 g/mol. The Morgan fingerprint density at radius 1 is 1.00 bits per heavy atom. The molecular formula is C19H30N2O5. The second-order valence-corrected chi connectivity index (χ2v) is 5.51. The smallest absolute Gasteiger partial charge is 0.322 e. The maximum Gasteiger partial charge on any atom is 0.322 e. The van der Waals surface area contributed by atoms with Gasteiger partial charge in [-0.1, -0.05) is 49.7 Å². The number of nitrogens with zero attached hydrogens (tertiary/aromatic N) is 1. The number of esters is 1. The minimum Gasteiger partial charge on any atom is -0.480 e. The first-order valence-electron chi connectivity index (χ1n) is 8.86. The second kappa shape index (κ2) is 16.1. The Labute approximate surface area is 155 Å². The van der Waals surface area contributed by atoms with Gasteiger partial charge in [-0.05, 0) is 19.9 Å². The fourth-order valence-corrected chi connectivity index (χ4v) is 1.95.